The van der Waals surface area contributed by atoms with Gasteiger partial charge in [0.1, 0.15) is 11.6 Å². The van der Waals surface area contributed by atoms with Crippen molar-refractivity contribution in [3.63, 3.8) is 0 Å². The molecule has 0 bridgehead atoms. The molecule has 0 atom stereocenters. The van der Waals surface area contributed by atoms with Gasteiger partial charge in [0.15, 0.2) is 0 Å². The number of anilines is 1. The fourth-order valence-corrected chi connectivity index (χ4v) is 2.26. The van der Waals surface area contributed by atoms with Crippen molar-refractivity contribution in [3.8, 4) is 5.75 Å². The highest BCUT2D eigenvalue weighted by atomic mass is 35.5. The quantitative estimate of drug-likeness (QED) is 0.761. The molecule has 0 heterocycles. The Morgan fingerprint density at radius 1 is 1.23 bits per heavy atom. The summed E-state index contributed by atoms with van der Waals surface area (Å²) < 4.78 is 19.1. The molecule has 0 unspecified atom stereocenters. The molecule has 6 heteroatoms. The molecule has 116 valence electrons. The average Bonchev–Trinajstić information content (AvgIpc) is 2.50. The summed E-state index contributed by atoms with van der Waals surface area (Å²) in [6.07, 6.45) is 0.844. The molecule has 2 rings (SSSR count). The van der Waals surface area contributed by atoms with Crippen molar-refractivity contribution in [2.45, 2.75) is 13.3 Å². The van der Waals surface area contributed by atoms with Crippen LogP contribution in [0.25, 0.3) is 0 Å². The Morgan fingerprint density at radius 2 is 1.95 bits per heavy atom. The van der Waals surface area contributed by atoms with E-state index in [0.717, 1.165) is 12.5 Å². The minimum atomic E-state index is -0.702. The number of benzene rings is 2. The fourth-order valence-electron chi connectivity index (χ4n) is 1.79. The molecule has 0 saturated carbocycles. The summed E-state index contributed by atoms with van der Waals surface area (Å²) in [7, 11) is 0. The van der Waals surface area contributed by atoms with Crippen LogP contribution in [0.15, 0.2) is 36.4 Å². The summed E-state index contributed by atoms with van der Waals surface area (Å²) in [5, 5.41) is 2.61. The second-order valence-corrected chi connectivity index (χ2v) is 5.36. The van der Waals surface area contributed by atoms with E-state index in [9.17, 15) is 9.18 Å². The van der Waals surface area contributed by atoms with Crippen molar-refractivity contribution in [1.82, 2.24) is 0 Å². The van der Waals surface area contributed by atoms with Gasteiger partial charge < -0.3 is 10.1 Å². The monoisotopic (exact) mass is 341 g/mol. The summed E-state index contributed by atoms with van der Waals surface area (Å²) >= 11 is 11.6. The van der Waals surface area contributed by atoms with Gasteiger partial charge in [-0.3, -0.25) is 4.79 Å². The standard InChI is InChI=1S/C16H14Cl2FNO2/c1-2-7-22-15-6-4-3-5-14(15)20-16(21)10-8-13(19)12(18)9-11(10)17/h3-6,8-9H,2,7H2,1H3,(H,20,21). The van der Waals surface area contributed by atoms with Crippen LogP contribution in [-0.4, -0.2) is 12.5 Å². The summed E-state index contributed by atoms with van der Waals surface area (Å²) in [4.78, 5) is 12.3. The first-order valence-corrected chi connectivity index (χ1v) is 7.46. The molecule has 0 aliphatic heterocycles. The first kappa shape index (κ1) is 16.6. The highest BCUT2D eigenvalue weighted by Gasteiger charge is 2.16. The van der Waals surface area contributed by atoms with E-state index in [-0.39, 0.29) is 15.6 Å². The summed E-state index contributed by atoms with van der Waals surface area (Å²) in [5.41, 5.74) is 0.501. The fraction of sp³-hybridized carbons (Fsp3) is 0.188. The van der Waals surface area contributed by atoms with Crippen LogP contribution in [0.1, 0.15) is 23.7 Å². The molecule has 1 amide bonds. The minimum absolute atomic E-state index is 0.00820. The van der Waals surface area contributed by atoms with Gasteiger partial charge in [-0.05, 0) is 30.7 Å². The molecule has 0 spiro atoms. The molecule has 1 N–H and O–H groups in total. The Bertz CT molecular complexity index is 692. The molecular weight excluding hydrogens is 328 g/mol. The number of nitrogens with one attached hydrogen (secondary N) is 1. The van der Waals surface area contributed by atoms with Crippen LogP contribution in [0.2, 0.25) is 10.0 Å². The molecule has 0 radical (unpaired) electrons. The van der Waals surface area contributed by atoms with Gasteiger partial charge in [-0.15, -0.1) is 0 Å². The predicted octanol–water partition coefficient (Wildman–Crippen LogP) is 5.17. The SMILES string of the molecule is CCCOc1ccccc1NC(=O)c1cc(F)c(Cl)cc1Cl. The van der Waals surface area contributed by atoms with Crippen LogP contribution >= 0.6 is 23.2 Å². The third kappa shape index (κ3) is 3.90. The van der Waals surface area contributed by atoms with Crippen LogP contribution in [0.3, 0.4) is 0 Å². The van der Waals surface area contributed by atoms with Crippen LogP contribution in [0.4, 0.5) is 10.1 Å². The van der Waals surface area contributed by atoms with E-state index in [1.807, 2.05) is 6.92 Å². The molecule has 0 aliphatic rings. The number of halogens is 3. The highest BCUT2D eigenvalue weighted by Crippen LogP contribution is 2.28. The maximum atomic E-state index is 13.5. The van der Waals surface area contributed by atoms with Crippen molar-refractivity contribution in [2.75, 3.05) is 11.9 Å². The number of ether oxygens (including phenoxy) is 1. The molecule has 0 fully saturated rings. The minimum Gasteiger partial charge on any atom is -0.491 e. The second-order valence-electron chi connectivity index (χ2n) is 4.54. The highest BCUT2D eigenvalue weighted by molar-refractivity contribution is 6.37. The lowest BCUT2D eigenvalue weighted by Gasteiger charge is -2.12. The first-order valence-electron chi connectivity index (χ1n) is 6.70. The van der Waals surface area contributed by atoms with Crippen LogP contribution in [0, 0.1) is 5.82 Å². The lowest BCUT2D eigenvalue weighted by molar-refractivity contribution is 0.102. The van der Waals surface area contributed by atoms with E-state index in [4.69, 9.17) is 27.9 Å². The van der Waals surface area contributed by atoms with Gasteiger partial charge in [0.25, 0.3) is 5.91 Å². The zero-order chi connectivity index (χ0) is 16.1. The van der Waals surface area contributed by atoms with Gasteiger partial charge in [0.2, 0.25) is 0 Å². The van der Waals surface area contributed by atoms with Crippen LogP contribution in [0.5, 0.6) is 5.75 Å². The number of rotatable bonds is 5. The molecule has 2 aromatic carbocycles. The number of carbonyl (C=O) groups is 1. The summed E-state index contributed by atoms with van der Waals surface area (Å²) in [6, 6.07) is 9.22. The smallest absolute Gasteiger partial charge is 0.257 e. The largest absolute Gasteiger partial charge is 0.491 e. The Balaban J connectivity index is 2.24. The van der Waals surface area contributed by atoms with Crippen LogP contribution < -0.4 is 10.1 Å². The van der Waals surface area contributed by atoms with Crippen molar-refractivity contribution in [1.29, 1.82) is 0 Å². The molecule has 0 aliphatic carbocycles. The van der Waals surface area contributed by atoms with Gasteiger partial charge in [0.05, 0.1) is 27.9 Å². The van der Waals surface area contributed by atoms with Crippen molar-refractivity contribution < 1.29 is 13.9 Å². The van der Waals surface area contributed by atoms with Gasteiger partial charge >= 0.3 is 0 Å². The molecule has 0 saturated heterocycles. The lowest BCUT2D eigenvalue weighted by atomic mass is 10.2. The van der Waals surface area contributed by atoms with E-state index < -0.39 is 11.7 Å². The molecule has 22 heavy (non-hydrogen) atoms. The number of carbonyl (C=O) groups excluding carboxylic acids is 1. The van der Waals surface area contributed by atoms with Crippen molar-refractivity contribution >= 4 is 34.8 Å². The number of hydrogen-bond donors (Lipinski definition) is 1. The molecular formula is C16H14Cl2FNO2. The number of amides is 1. The van der Waals surface area contributed by atoms with Gasteiger partial charge in [-0.2, -0.15) is 0 Å². The second kappa shape index (κ2) is 7.47. The Hall–Kier alpha value is -1.78. The zero-order valence-electron chi connectivity index (χ0n) is 11.8. The number of hydrogen-bond acceptors (Lipinski definition) is 2. The maximum absolute atomic E-state index is 13.5. The predicted molar refractivity (Wildman–Crippen MR) is 86.6 cm³/mol. The number of para-hydroxylation sites is 2. The van der Waals surface area contributed by atoms with Crippen LogP contribution in [-0.2, 0) is 0 Å². The topological polar surface area (TPSA) is 38.3 Å². The average molecular weight is 342 g/mol. The third-order valence-electron chi connectivity index (χ3n) is 2.85. The lowest BCUT2D eigenvalue weighted by Crippen LogP contribution is -2.14. The maximum Gasteiger partial charge on any atom is 0.257 e. The summed E-state index contributed by atoms with van der Waals surface area (Å²) in [6.45, 7) is 2.51. The van der Waals surface area contributed by atoms with Gasteiger partial charge in [-0.1, -0.05) is 42.3 Å². The Kier molecular flexibility index (Phi) is 5.63. The molecule has 2 aromatic rings. The zero-order valence-corrected chi connectivity index (χ0v) is 13.3. The van der Waals surface area contributed by atoms with Gasteiger partial charge in [-0.25, -0.2) is 4.39 Å². The molecule has 0 aromatic heterocycles. The first-order chi connectivity index (χ1) is 10.5. The molecule has 3 nitrogen and oxygen atoms in total. The summed E-state index contributed by atoms with van der Waals surface area (Å²) in [5.74, 6) is -0.692. The van der Waals surface area contributed by atoms with E-state index >= 15 is 0 Å². The third-order valence-corrected chi connectivity index (χ3v) is 3.45. The Labute approximate surface area is 138 Å². The normalized spacial score (nSPS) is 10.4. The van der Waals surface area contributed by atoms with E-state index in [0.29, 0.717) is 18.0 Å². The van der Waals surface area contributed by atoms with Crippen molar-refractivity contribution in [2.24, 2.45) is 0 Å². The van der Waals surface area contributed by atoms with E-state index in [1.165, 1.54) is 6.07 Å². The van der Waals surface area contributed by atoms with E-state index in [1.54, 1.807) is 24.3 Å². The van der Waals surface area contributed by atoms with Crippen molar-refractivity contribution in [3.05, 3.63) is 57.8 Å². The van der Waals surface area contributed by atoms with E-state index in [2.05, 4.69) is 5.32 Å². The Morgan fingerprint density at radius 3 is 2.68 bits per heavy atom. The van der Waals surface area contributed by atoms with Gasteiger partial charge in [0, 0.05) is 0 Å².